The van der Waals surface area contributed by atoms with Crippen molar-refractivity contribution in [1.82, 2.24) is 4.98 Å². The predicted octanol–water partition coefficient (Wildman–Crippen LogP) is 3.44. The van der Waals surface area contributed by atoms with Gasteiger partial charge in [0.15, 0.2) is 5.43 Å². The topological polar surface area (TPSA) is 108 Å². The number of H-pyrrole nitrogens is 1. The third-order valence-electron chi connectivity index (χ3n) is 4.47. The summed E-state index contributed by atoms with van der Waals surface area (Å²) in [4.78, 5) is 27.1. The number of nitrogens with one attached hydrogen (secondary N) is 3. The van der Waals surface area contributed by atoms with E-state index in [9.17, 15) is 18.0 Å². The van der Waals surface area contributed by atoms with Gasteiger partial charge in [-0.25, -0.2) is 8.42 Å². The lowest BCUT2D eigenvalue weighted by atomic mass is 10.1. The molecule has 0 aliphatic rings. The third kappa shape index (κ3) is 3.57. The van der Waals surface area contributed by atoms with E-state index in [0.717, 1.165) is 0 Å². The van der Waals surface area contributed by atoms with Crippen LogP contribution >= 0.6 is 0 Å². The van der Waals surface area contributed by atoms with Gasteiger partial charge in [0.25, 0.3) is 10.0 Å². The molecule has 3 aromatic carbocycles. The first-order valence-corrected chi connectivity index (χ1v) is 10.3. The second kappa shape index (κ2) is 7.06. The highest BCUT2D eigenvalue weighted by Crippen LogP contribution is 2.25. The Labute approximate surface area is 166 Å². The normalized spacial score (nSPS) is 11.5. The summed E-state index contributed by atoms with van der Waals surface area (Å²) < 4.78 is 28.2. The van der Waals surface area contributed by atoms with Gasteiger partial charge in [-0.2, -0.15) is 0 Å². The monoisotopic (exact) mass is 407 g/mol. The van der Waals surface area contributed by atoms with Crippen molar-refractivity contribution in [2.45, 2.75) is 11.8 Å². The first-order chi connectivity index (χ1) is 13.8. The van der Waals surface area contributed by atoms with Crippen molar-refractivity contribution in [2.24, 2.45) is 0 Å². The fourth-order valence-electron chi connectivity index (χ4n) is 3.16. The molecule has 7 nitrogen and oxygen atoms in total. The minimum absolute atomic E-state index is 0.0340. The lowest BCUT2D eigenvalue weighted by Gasteiger charge is -2.12. The molecule has 1 aromatic heterocycles. The van der Waals surface area contributed by atoms with E-state index in [-0.39, 0.29) is 21.9 Å². The number of aromatic amines is 1. The first-order valence-electron chi connectivity index (χ1n) is 8.79. The van der Waals surface area contributed by atoms with E-state index in [0.29, 0.717) is 27.5 Å². The van der Waals surface area contributed by atoms with Gasteiger partial charge >= 0.3 is 0 Å². The molecule has 3 N–H and O–H groups in total. The summed E-state index contributed by atoms with van der Waals surface area (Å²) in [5.41, 5.74) is 1.63. The van der Waals surface area contributed by atoms with Crippen molar-refractivity contribution in [3.63, 3.8) is 0 Å². The number of pyridine rings is 1. The highest BCUT2D eigenvalue weighted by atomic mass is 32.2. The lowest BCUT2D eigenvalue weighted by Crippen LogP contribution is -2.15. The molecule has 4 aromatic rings. The van der Waals surface area contributed by atoms with E-state index < -0.39 is 10.0 Å². The predicted molar refractivity (Wildman–Crippen MR) is 114 cm³/mol. The fourth-order valence-corrected chi connectivity index (χ4v) is 4.23. The van der Waals surface area contributed by atoms with Crippen molar-refractivity contribution in [3.05, 3.63) is 77.0 Å². The fraction of sp³-hybridized carbons (Fsp3) is 0.0476. The highest BCUT2D eigenvalue weighted by molar-refractivity contribution is 7.92. The van der Waals surface area contributed by atoms with Crippen LogP contribution in [-0.2, 0) is 14.8 Å². The van der Waals surface area contributed by atoms with E-state index >= 15 is 0 Å². The Morgan fingerprint density at radius 3 is 2.31 bits per heavy atom. The van der Waals surface area contributed by atoms with Crippen LogP contribution < -0.4 is 15.5 Å². The van der Waals surface area contributed by atoms with Crippen LogP contribution in [0.3, 0.4) is 0 Å². The van der Waals surface area contributed by atoms with Crippen LogP contribution in [0.25, 0.3) is 21.8 Å². The van der Waals surface area contributed by atoms with Crippen molar-refractivity contribution in [2.75, 3.05) is 10.0 Å². The molecular formula is C21H17N3O4S. The Hall–Kier alpha value is -3.65. The van der Waals surface area contributed by atoms with Crippen LogP contribution in [0.5, 0.6) is 0 Å². The van der Waals surface area contributed by atoms with Crippen LogP contribution in [0.15, 0.2) is 76.4 Å². The SMILES string of the molecule is CC(=O)Nc1ccc(S(=O)(=O)Nc2cccc3c(=O)c4ccccc4[nH]c23)cc1. The number of carbonyl (C=O) groups excluding carboxylic acids is 1. The number of anilines is 2. The second-order valence-electron chi connectivity index (χ2n) is 6.54. The van der Waals surface area contributed by atoms with Crippen molar-refractivity contribution >= 4 is 49.1 Å². The molecule has 0 atom stereocenters. The third-order valence-corrected chi connectivity index (χ3v) is 5.85. The average Bonchev–Trinajstić information content (AvgIpc) is 2.69. The smallest absolute Gasteiger partial charge is 0.261 e. The van der Waals surface area contributed by atoms with Gasteiger partial charge in [0, 0.05) is 28.9 Å². The number of rotatable bonds is 4. The Bertz CT molecular complexity index is 1410. The van der Waals surface area contributed by atoms with Crippen LogP contribution in [0.1, 0.15) is 6.92 Å². The standard InChI is InChI=1S/C21H17N3O4S/c1-13(25)22-14-9-11-15(12-10-14)29(27,28)24-19-8-4-6-17-20(19)23-18-7-3-2-5-16(18)21(17)26/h2-12,24H,1H3,(H,22,25)(H,23,26). The molecule has 0 spiro atoms. The Morgan fingerprint density at radius 1 is 0.897 bits per heavy atom. The number of hydrogen-bond donors (Lipinski definition) is 3. The van der Waals surface area contributed by atoms with Gasteiger partial charge in [-0.05, 0) is 48.5 Å². The maximum absolute atomic E-state index is 12.8. The Kier molecular flexibility index (Phi) is 4.56. The minimum atomic E-state index is -3.90. The Morgan fingerprint density at radius 2 is 1.59 bits per heavy atom. The summed E-state index contributed by atoms with van der Waals surface area (Å²) in [5, 5.41) is 3.52. The summed E-state index contributed by atoms with van der Waals surface area (Å²) in [6, 6.07) is 17.8. The molecule has 0 saturated carbocycles. The van der Waals surface area contributed by atoms with Crippen LogP contribution in [0.4, 0.5) is 11.4 Å². The zero-order valence-electron chi connectivity index (χ0n) is 15.4. The molecule has 0 fully saturated rings. The largest absolute Gasteiger partial charge is 0.353 e. The van der Waals surface area contributed by atoms with E-state index in [2.05, 4.69) is 15.0 Å². The molecule has 0 aliphatic heterocycles. The van der Waals surface area contributed by atoms with E-state index in [1.165, 1.54) is 31.2 Å². The van der Waals surface area contributed by atoms with Gasteiger partial charge in [0.1, 0.15) is 0 Å². The summed E-state index contributed by atoms with van der Waals surface area (Å²) in [6.45, 7) is 1.37. The molecule has 8 heteroatoms. The van der Waals surface area contributed by atoms with Gasteiger partial charge in [-0.3, -0.25) is 14.3 Å². The van der Waals surface area contributed by atoms with Gasteiger partial charge in [-0.15, -0.1) is 0 Å². The lowest BCUT2D eigenvalue weighted by molar-refractivity contribution is -0.114. The van der Waals surface area contributed by atoms with Crippen molar-refractivity contribution in [1.29, 1.82) is 0 Å². The van der Waals surface area contributed by atoms with Gasteiger partial charge in [0.05, 0.1) is 16.1 Å². The molecule has 29 heavy (non-hydrogen) atoms. The molecule has 0 bridgehead atoms. The number of para-hydroxylation sites is 2. The van der Waals surface area contributed by atoms with Gasteiger partial charge in [-0.1, -0.05) is 18.2 Å². The first kappa shape index (κ1) is 18.7. The Balaban J connectivity index is 1.77. The molecule has 146 valence electrons. The number of benzene rings is 3. The molecular weight excluding hydrogens is 390 g/mol. The second-order valence-corrected chi connectivity index (χ2v) is 8.22. The maximum atomic E-state index is 12.8. The van der Waals surface area contributed by atoms with E-state index in [4.69, 9.17) is 0 Å². The van der Waals surface area contributed by atoms with Crippen LogP contribution in [0, 0.1) is 0 Å². The summed E-state index contributed by atoms with van der Waals surface area (Å²) in [6.07, 6.45) is 0. The van der Waals surface area contributed by atoms with Gasteiger partial charge in [0.2, 0.25) is 5.91 Å². The molecule has 1 amide bonds. The number of aromatic nitrogens is 1. The highest BCUT2D eigenvalue weighted by Gasteiger charge is 2.17. The van der Waals surface area contributed by atoms with Crippen molar-refractivity contribution < 1.29 is 13.2 Å². The van der Waals surface area contributed by atoms with E-state index in [1.807, 2.05) is 0 Å². The number of carbonyl (C=O) groups is 1. The number of hydrogen-bond acceptors (Lipinski definition) is 4. The maximum Gasteiger partial charge on any atom is 0.261 e. The molecule has 0 unspecified atom stereocenters. The van der Waals surface area contributed by atoms with Crippen LogP contribution in [0.2, 0.25) is 0 Å². The summed E-state index contributed by atoms with van der Waals surface area (Å²) in [7, 11) is -3.90. The zero-order chi connectivity index (χ0) is 20.6. The average molecular weight is 407 g/mol. The van der Waals surface area contributed by atoms with E-state index in [1.54, 1.807) is 42.5 Å². The molecule has 0 aliphatic carbocycles. The minimum Gasteiger partial charge on any atom is -0.353 e. The number of sulfonamides is 1. The quantitative estimate of drug-likeness (QED) is 0.450. The van der Waals surface area contributed by atoms with Gasteiger partial charge < -0.3 is 10.3 Å². The molecule has 0 saturated heterocycles. The molecule has 1 heterocycles. The summed E-state index contributed by atoms with van der Waals surface area (Å²) >= 11 is 0. The van der Waals surface area contributed by atoms with Crippen LogP contribution in [-0.4, -0.2) is 19.3 Å². The molecule has 4 rings (SSSR count). The number of amides is 1. The number of fused-ring (bicyclic) bond motifs is 2. The summed E-state index contributed by atoms with van der Waals surface area (Å²) in [5.74, 6) is -0.245. The van der Waals surface area contributed by atoms with Crippen molar-refractivity contribution in [3.8, 4) is 0 Å². The zero-order valence-corrected chi connectivity index (χ0v) is 16.2. The molecule has 0 radical (unpaired) electrons.